The number of nitrogens with zero attached hydrogens (tertiary/aromatic N) is 2. The highest BCUT2D eigenvalue weighted by atomic mass is 16.3. The highest BCUT2D eigenvalue weighted by molar-refractivity contribution is 5.92. The molecule has 0 saturated carbocycles. The molecule has 5 nitrogen and oxygen atoms in total. The predicted octanol–water partition coefficient (Wildman–Crippen LogP) is 2.77. The molecule has 0 atom stereocenters. The molecule has 0 aliphatic carbocycles. The molecular weight excluding hydrogens is 314 g/mol. The van der Waals surface area contributed by atoms with Crippen molar-refractivity contribution in [2.24, 2.45) is 0 Å². The summed E-state index contributed by atoms with van der Waals surface area (Å²) < 4.78 is 0. The van der Waals surface area contributed by atoms with E-state index in [9.17, 15) is 9.90 Å². The van der Waals surface area contributed by atoms with Gasteiger partial charge in [0.25, 0.3) is 0 Å². The molecule has 0 saturated heterocycles. The lowest BCUT2D eigenvalue weighted by Crippen LogP contribution is -2.42. The number of nitriles is 1. The molecule has 2 rings (SSSR count). The first-order chi connectivity index (χ1) is 11.9. The third-order valence-electron chi connectivity index (χ3n) is 3.50. The largest absolute Gasteiger partial charge is 0.389 e. The van der Waals surface area contributed by atoms with Crippen molar-refractivity contribution in [3.05, 3.63) is 65.7 Å². The van der Waals surface area contributed by atoms with E-state index >= 15 is 0 Å². The Morgan fingerprint density at radius 1 is 1.20 bits per heavy atom. The molecule has 0 aliphatic rings. The van der Waals surface area contributed by atoms with Crippen LogP contribution in [0.1, 0.15) is 25.0 Å². The summed E-state index contributed by atoms with van der Waals surface area (Å²) in [5, 5.41) is 21.9. The fourth-order valence-corrected chi connectivity index (χ4v) is 2.63. The maximum atomic E-state index is 12.4. The number of benzene rings is 2. The minimum Gasteiger partial charge on any atom is -0.389 e. The molecule has 2 N–H and O–H groups in total. The van der Waals surface area contributed by atoms with Crippen LogP contribution >= 0.6 is 0 Å². The van der Waals surface area contributed by atoms with E-state index in [0.29, 0.717) is 24.3 Å². The van der Waals surface area contributed by atoms with Gasteiger partial charge in [-0.2, -0.15) is 5.26 Å². The van der Waals surface area contributed by atoms with Crippen LogP contribution in [0.4, 0.5) is 5.69 Å². The van der Waals surface area contributed by atoms with Crippen molar-refractivity contribution < 1.29 is 9.90 Å². The van der Waals surface area contributed by atoms with E-state index in [4.69, 9.17) is 5.26 Å². The number of carbonyl (C=O) groups excluding carboxylic acids is 1. The highest BCUT2D eigenvalue weighted by Gasteiger charge is 2.20. The first-order valence-electron chi connectivity index (χ1n) is 8.14. The maximum Gasteiger partial charge on any atom is 0.238 e. The average molecular weight is 337 g/mol. The Morgan fingerprint density at radius 2 is 1.92 bits per heavy atom. The number of anilines is 1. The number of hydrogen-bond acceptors (Lipinski definition) is 4. The van der Waals surface area contributed by atoms with E-state index < -0.39 is 5.60 Å². The van der Waals surface area contributed by atoms with E-state index in [0.717, 1.165) is 5.56 Å². The Kier molecular flexibility index (Phi) is 6.29. The van der Waals surface area contributed by atoms with Crippen molar-refractivity contribution in [1.82, 2.24) is 4.90 Å². The van der Waals surface area contributed by atoms with Crippen LogP contribution in [0.5, 0.6) is 0 Å². The summed E-state index contributed by atoms with van der Waals surface area (Å²) >= 11 is 0. The molecule has 5 heteroatoms. The van der Waals surface area contributed by atoms with Crippen molar-refractivity contribution in [2.45, 2.75) is 26.0 Å². The zero-order valence-corrected chi connectivity index (χ0v) is 14.6. The molecule has 0 aliphatic heterocycles. The molecule has 0 aromatic heterocycles. The van der Waals surface area contributed by atoms with Crippen LogP contribution in [0, 0.1) is 11.3 Å². The van der Waals surface area contributed by atoms with Crippen LogP contribution in [-0.2, 0) is 11.3 Å². The second kappa shape index (κ2) is 8.43. The van der Waals surface area contributed by atoms with Crippen molar-refractivity contribution in [3.63, 3.8) is 0 Å². The van der Waals surface area contributed by atoms with Crippen LogP contribution in [0.25, 0.3) is 0 Å². The van der Waals surface area contributed by atoms with Gasteiger partial charge in [0, 0.05) is 18.8 Å². The molecule has 0 heterocycles. The quantitative estimate of drug-likeness (QED) is 0.814. The monoisotopic (exact) mass is 337 g/mol. The Morgan fingerprint density at radius 3 is 2.56 bits per heavy atom. The van der Waals surface area contributed by atoms with Gasteiger partial charge < -0.3 is 10.4 Å². The lowest BCUT2D eigenvalue weighted by atomic mass is 10.1. The van der Waals surface area contributed by atoms with Crippen molar-refractivity contribution >= 4 is 11.6 Å². The third kappa shape index (κ3) is 6.76. The van der Waals surface area contributed by atoms with Gasteiger partial charge in [0.2, 0.25) is 5.91 Å². The van der Waals surface area contributed by atoms with E-state index in [2.05, 4.69) is 11.4 Å². The number of carbonyl (C=O) groups is 1. The molecule has 0 spiro atoms. The fraction of sp³-hybridized carbons (Fsp3) is 0.300. The number of rotatable bonds is 7. The van der Waals surface area contributed by atoms with Crippen LogP contribution in [0.3, 0.4) is 0 Å². The lowest BCUT2D eigenvalue weighted by Gasteiger charge is -2.28. The van der Waals surface area contributed by atoms with Gasteiger partial charge in [-0.15, -0.1) is 0 Å². The molecular formula is C20H23N3O2. The molecule has 0 fully saturated rings. The maximum absolute atomic E-state index is 12.4. The predicted molar refractivity (Wildman–Crippen MR) is 97.8 cm³/mol. The Labute approximate surface area is 148 Å². The topological polar surface area (TPSA) is 76.4 Å². The molecule has 0 radical (unpaired) electrons. The number of hydrogen-bond donors (Lipinski definition) is 2. The van der Waals surface area contributed by atoms with Crippen molar-refractivity contribution in [1.29, 1.82) is 5.26 Å². The van der Waals surface area contributed by atoms with Crippen molar-refractivity contribution in [2.75, 3.05) is 18.4 Å². The van der Waals surface area contributed by atoms with Gasteiger partial charge in [-0.25, -0.2) is 0 Å². The Bertz CT molecular complexity index is 746. The lowest BCUT2D eigenvalue weighted by molar-refractivity contribution is -0.118. The van der Waals surface area contributed by atoms with Gasteiger partial charge in [0.15, 0.2) is 0 Å². The molecule has 2 aromatic rings. The van der Waals surface area contributed by atoms with Crippen LogP contribution < -0.4 is 5.32 Å². The Hall–Kier alpha value is -2.68. The first-order valence-corrected chi connectivity index (χ1v) is 8.14. The minimum atomic E-state index is -0.907. The van der Waals surface area contributed by atoms with Crippen LogP contribution in [-0.4, -0.2) is 34.6 Å². The molecule has 130 valence electrons. The zero-order chi connectivity index (χ0) is 18.3. The summed E-state index contributed by atoms with van der Waals surface area (Å²) in [6.45, 7) is 4.53. The SMILES string of the molecule is CC(C)(O)CN(CC(=O)Nc1cccc(C#N)c1)Cc1ccccc1. The minimum absolute atomic E-state index is 0.148. The standard InChI is InChI=1S/C20H23N3O2/c1-20(2,25)15-23(13-16-7-4-3-5-8-16)14-19(24)22-18-10-6-9-17(11-18)12-21/h3-11,25H,13-15H2,1-2H3,(H,22,24). The second-order valence-corrected chi connectivity index (χ2v) is 6.68. The number of amides is 1. The van der Waals surface area contributed by atoms with Gasteiger partial charge in [-0.3, -0.25) is 9.69 Å². The summed E-state index contributed by atoms with van der Waals surface area (Å²) in [6, 6.07) is 18.7. The average Bonchev–Trinajstić information content (AvgIpc) is 2.54. The van der Waals surface area contributed by atoms with Gasteiger partial charge in [0.05, 0.1) is 23.8 Å². The van der Waals surface area contributed by atoms with Crippen LogP contribution in [0.2, 0.25) is 0 Å². The molecule has 0 bridgehead atoms. The van der Waals surface area contributed by atoms with E-state index in [1.165, 1.54) is 0 Å². The number of aliphatic hydroxyl groups is 1. The number of nitrogens with one attached hydrogen (secondary N) is 1. The van der Waals surface area contributed by atoms with Gasteiger partial charge >= 0.3 is 0 Å². The summed E-state index contributed by atoms with van der Waals surface area (Å²) in [5.41, 5.74) is 1.25. The van der Waals surface area contributed by atoms with Gasteiger partial charge in [-0.1, -0.05) is 36.4 Å². The van der Waals surface area contributed by atoms with Gasteiger partial charge in [-0.05, 0) is 37.6 Å². The molecule has 25 heavy (non-hydrogen) atoms. The summed E-state index contributed by atoms with van der Waals surface area (Å²) in [7, 11) is 0. The van der Waals surface area contributed by atoms with E-state index in [1.54, 1.807) is 38.1 Å². The van der Waals surface area contributed by atoms with Gasteiger partial charge in [0.1, 0.15) is 0 Å². The highest BCUT2D eigenvalue weighted by Crippen LogP contribution is 2.12. The molecule has 2 aromatic carbocycles. The zero-order valence-electron chi connectivity index (χ0n) is 14.6. The second-order valence-electron chi connectivity index (χ2n) is 6.68. The summed E-state index contributed by atoms with van der Waals surface area (Å²) in [6.07, 6.45) is 0. The van der Waals surface area contributed by atoms with E-state index in [-0.39, 0.29) is 12.5 Å². The smallest absolute Gasteiger partial charge is 0.238 e. The third-order valence-corrected chi connectivity index (χ3v) is 3.50. The van der Waals surface area contributed by atoms with Crippen molar-refractivity contribution in [3.8, 4) is 6.07 Å². The normalized spacial score (nSPS) is 11.2. The van der Waals surface area contributed by atoms with Crippen LogP contribution in [0.15, 0.2) is 54.6 Å². The first kappa shape index (κ1) is 18.7. The Balaban J connectivity index is 2.04. The fourth-order valence-electron chi connectivity index (χ4n) is 2.63. The summed E-state index contributed by atoms with van der Waals surface area (Å²) in [4.78, 5) is 14.3. The molecule has 0 unspecified atom stereocenters. The summed E-state index contributed by atoms with van der Waals surface area (Å²) in [5.74, 6) is -0.185. The molecule has 1 amide bonds. The van der Waals surface area contributed by atoms with E-state index in [1.807, 2.05) is 35.2 Å².